The fourth-order valence-electron chi connectivity index (χ4n) is 4.58. The summed E-state index contributed by atoms with van der Waals surface area (Å²) < 4.78 is 7.83. The molecule has 2 aliphatic heterocycles. The van der Waals surface area contributed by atoms with Gasteiger partial charge < -0.3 is 19.7 Å². The van der Waals surface area contributed by atoms with E-state index in [4.69, 9.17) is 20.2 Å². The zero-order chi connectivity index (χ0) is 20.9. The van der Waals surface area contributed by atoms with E-state index in [1.54, 1.807) is 0 Å². The monoisotopic (exact) mass is 407 g/mol. The summed E-state index contributed by atoms with van der Waals surface area (Å²) in [5.41, 5.74) is 10.3. The van der Waals surface area contributed by atoms with Gasteiger partial charge in [-0.3, -0.25) is 4.90 Å². The van der Waals surface area contributed by atoms with Crippen LogP contribution in [0.4, 0.5) is 0 Å². The predicted octanol–water partition coefficient (Wildman–Crippen LogP) is 2.70. The molecule has 8 heteroatoms. The number of para-hydroxylation sites is 1. The Morgan fingerprint density at radius 1 is 1.30 bits per heavy atom. The number of nitrogens with zero attached hydrogens (tertiary/aromatic N) is 6. The fourth-order valence-corrected chi connectivity index (χ4v) is 4.58. The smallest absolute Gasteiger partial charge is 0.246 e. The molecule has 3 aromatic rings. The minimum atomic E-state index is -0.682. The number of nitrogens with two attached hydrogens (primary N) is 1. The van der Waals surface area contributed by atoms with Gasteiger partial charge >= 0.3 is 0 Å². The topological polar surface area (TPSA) is 89.2 Å². The molecule has 8 nitrogen and oxygen atoms in total. The fraction of sp³-hybridized carbons (Fsp3) is 0.500. The lowest BCUT2D eigenvalue weighted by Gasteiger charge is -2.22. The highest BCUT2D eigenvalue weighted by Crippen LogP contribution is 2.41. The number of rotatable bonds is 5. The maximum Gasteiger partial charge on any atom is 0.246 e. The Bertz CT molecular complexity index is 1050. The number of imidazole rings is 1. The highest BCUT2D eigenvalue weighted by Gasteiger charge is 2.37. The lowest BCUT2D eigenvalue weighted by atomic mass is 9.99. The predicted molar refractivity (Wildman–Crippen MR) is 114 cm³/mol. The second kappa shape index (κ2) is 7.30. The van der Waals surface area contributed by atoms with E-state index in [2.05, 4.69) is 43.8 Å². The van der Waals surface area contributed by atoms with E-state index < -0.39 is 5.54 Å². The first-order valence-electron chi connectivity index (χ1n) is 10.6. The maximum atomic E-state index is 6.51. The van der Waals surface area contributed by atoms with E-state index in [9.17, 15) is 0 Å². The average molecular weight is 408 g/mol. The van der Waals surface area contributed by atoms with Crippen molar-refractivity contribution in [1.82, 2.24) is 29.5 Å². The van der Waals surface area contributed by atoms with Crippen LogP contribution in [0.5, 0.6) is 0 Å². The Labute approximate surface area is 176 Å². The third-order valence-electron chi connectivity index (χ3n) is 6.31. The molecule has 4 heterocycles. The van der Waals surface area contributed by atoms with Crippen LogP contribution in [-0.2, 0) is 12.1 Å². The van der Waals surface area contributed by atoms with Crippen LogP contribution < -0.4 is 5.73 Å². The van der Waals surface area contributed by atoms with Crippen molar-refractivity contribution in [3.8, 4) is 17.2 Å². The van der Waals surface area contributed by atoms with Crippen molar-refractivity contribution in [2.45, 2.75) is 44.3 Å². The number of aromatic nitrogens is 4. The maximum absolute atomic E-state index is 6.51. The largest absolute Gasteiger partial charge is 0.337 e. The summed E-state index contributed by atoms with van der Waals surface area (Å²) in [5, 5.41) is 4.29. The van der Waals surface area contributed by atoms with Gasteiger partial charge in [-0.2, -0.15) is 4.98 Å². The van der Waals surface area contributed by atoms with E-state index in [-0.39, 0.29) is 0 Å². The van der Waals surface area contributed by atoms with Crippen molar-refractivity contribution < 1.29 is 4.52 Å². The Kier molecular flexibility index (Phi) is 4.72. The molecule has 1 aromatic carbocycles. The summed E-state index contributed by atoms with van der Waals surface area (Å²) in [7, 11) is 4.06. The third kappa shape index (κ3) is 3.25. The van der Waals surface area contributed by atoms with E-state index >= 15 is 0 Å². The Morgan fingerprint density at radius 3 is 2.97 bits per heavy atom. The van der Waals surface area contributed by atoms with Crippen molar-refractivity contribution >= 4 is 0 Å². The zero-order valence-electron chi connectivity index (χ0n) is 17.9. The van der Waals surface area contributed by atoms with Crippen LogP contribution in [-0.4, -0.2) is 56.7 Å². The van der Waals surface area contributed by atoms with E-state index in [1.165, 1.54) is 17.7 Å². The Morgan fingerprint density at radius 2 is 2.13 bits per heavy atom. The van der Waals surface area contributed by atoms with Gasteiger partial charge in [-0.05, 0) is 65.0 Å². The highest BCUT2D eigenvalue weighted by molar-refractivity contribution is 5.58. The van der Waals surface area contributed by atoms with Gasteiger partial charge in [-0.15, -0.1) is 0 Å². The molecule has 158 valence electrons. The summed E-state index contributed by atoms with van der Waals surface area (Å²) in [4.78, 5) is 14.1. The van der Waals surface area contributed by atoms with Crippen LogP contribution in [0.1, 0.15) is 49.4 Å². The number of benzene rings is 1. The van der Waals surface area contributed by atoms with Gasteiger partial charge in [0.2, 0.25) is 11.7 Å². The summed E-state index contributed by atoms with van der Waals surface area (Å²) in [6.07, 6.45) is 4.91. The number of hydrogen-bond acceptors (Lipinski definition) is 7. The molecule has 1 unspecified atom stereocenters. The normalized spacial score (nSPS) is 20.5. The quantitative estimate of drug-likeness (QED) is 0.695. The number of fused-ring (bicyclic) bond motifs is 5. The van der Waals surface area contributed by atoms with Crippen LogP contribution >= 0.6 is 0 Å². The summed E-state index contributed by atoms with van der Waals surface area (Å²) in [5.74, 6) is 0.977. The van der Waals surface area contributed by atoms with E-state index in [0.717, 1.165) is 43.9 Å². The molecule has 2 aromatic heterocycles. The molecule has 0 amide bonds. The molecule has 0 aliphatic carbocycles. The molecule has 1 saturated heterocycles. The van der Waals surface area contributed by atoms with Gasteiger partial charge in [0.15, 0.2) is 0 Å². The standard InChI is InChI=1S/C22H29N7O/c1-22(23,10-12-27(2)3)21-25-20(26-30-21)18-19-17-9-6-11-28(17)13-15-7-4-5-8-16(15)29(19)14-24-18/h4-5,7-8,14,17H,6,9-13,23H2,1-3H3/t17-,22?/m0/s1. The van der Waals surface area contributed by atoms with Gasteiger partial charge in [0, 0.05) is 6.54 Å². The first-order chi connectivity index (χ1) is 14.4. The molecule has 0 spiro atoms. The minimum Gasteiger partial charge on any atom is -0.337 e. The van der Waals surface area contributed by atoms with Crippen LogP contribution in [0, 0.1) is 0 Å². The SMILES string of the molecule is CN(C)CCC(C)(N)c1nc(-c2ncn3c2[C@@H]2CCCN2Cc2ccccc2-3)no1. The second-order valence-electron chi connectivity index (χ2n) is 9.00. The van der Waals surface area contributed by atoms with Gasteiger partial charge in [-0.25, -0.2) is 4.98 Å². The van der Waals surface area contributed by atoms with Gasteiger partial charge in [0.05, 0.1) is 23.0 Å². The molecule has 2 atom stereocenters. The molecule has 1 fully saturated rings. The molecular formula is C22H29N7O. The lowest BCUT2D eigenvalue weighted by molar-refractivity contribution is 0.248. The molecule has 0 saturated carbocycles. The summed E-state index contributed by atoms with van der Waals surface area (Å²) >= 11 is 0. The molecule has 30 heavy (non-hydrogen) atoms. The van der Waals surface area contributed by atoms with Crippen molar-refractivity contribution in [2.75, 3.05) is 27.2 Å². The first-order valence-corrected chi connectivity index (χ1v) is 10.6. The van der Waals surface area contributed by atoms with Crippen molar-refractivity contribution in [2.24, 2.45) is 5.73 Å². The van der Waals surface area contributed by atoms with E-state index in [1.807, 2.05) is 27.3 Å². The molecule has 0 bridgehead atoms. The second-order valence-corrected chi connectivity index (χ2v) is 9.00. The van der Waals surface area contributed by atoms with Gasteiger partial charge in [0.25, 0.3) is 0 Å². The highest BCUT2D eigenvalue weighted by atomic mass is 16.5. The van der Waals surface area contributed by atoms with Crippen molar-refractivity contribution in [3.05, 3.63) is 47.7 Å². The van der Waals surface area contributed by atoms with Crippen LogP contribution in [0.25, 0.3) is 17.2 Å². The molecular weight excluding hydrogens is 378 g/mol. The first kappa shape index (κ1) is 19.4. The van der Waals surface area contributed by atoms with Crippen LogP contribution in [0.2, 0.25) is 0 Å². The van der Waals surface area contributed by atoms with Crippen LogP contribution in [0.15, 0.2) is 35.1 Å². The zero-order valence-corrected chi connectivity index (χ0v) is 17.9. The van der Waals surface area contributed by atoms with Crippen LogP contribution in [0.3, 0.4) is 0 Å². The molecule has 2 aliphatic rings. The lowest BCUT2D eigenvalue weighted by Crippen LogP contribution is -2.36. The number of hydrogen-bond donors (Lipinski definition) is 1. The van der Waals surface area contributed by atoms with E-state index in [0.29, 0.717) is 17.8 Å². The summed E-state index contributed by atoms with van der Waals surface area (Å²) in [6, 6.07) is 8.85. The Hall–Kier alpha value is -2.55. The minimum absolute atomic E-state index is 0.301. The third-order valence-corrected chi connectivity index (χ3v) is 6.31. The molecule has 5 rings (SSSR count). The molecule has 2 N–H and O–H groups in total. The van der Waals surface area contributed by atoms with Gasteiger partial charge in [0.1, 0.15) is 12.0 Å². The van der Waals surface area contributed by atoms with Crippen molar-refractivity contribution in [3.63, 3.8) is 0 Å². The Balaban J connectivity index is 1.56. The van der Waals surface area contributed by atoms with Gasteiger partial charge in [-0.1, -0.05) is 23.4 Å². The average Bonchev–Trinajstić information content (AvgIpc) is 3.44. The molecule has 0 radical (unpaired) electrons. The van der Waals surface area contributed by atoms with Crippen molar-refractivity contribution in [1.29, 1.82) is 0 Å². The summed E-state index contributed by atoms with van der Waals surface area (Å²) in [6.45, 7) is 4.83.